The Morgan fingerprint density at radius 3 is 2.61 bits per heavy atom. The van der Waals surface area contributed by atoms with Crippen molar-refractivity contribution in [3.8, 4) is 0 Å². The maximum Gasteiger partial charge on any atom is 0.235 e. The van der Waals surface area contributed by atoms with Crippen LogP contribution in [0.4, 0.5) is 0 Å². The van der Waals surface area contributed by atoms with Gasteiger partial charge in [-0.3, -0.25) is 9.69 Å². The molecular weight excluding hydrogens is 244 g/mol. The van der Waals surface area contributed by atoms with Gasteiger partial charge in [0.15, 0.2) is 0 Å². The summed E-state index contributed by atoms with van der Waals surface area (Å²) in [5, 5.41) is 0.113. The summed E-state index contributed by atoms with van der Waals surface area (Å²) in [7, 11) is 0. The molecule has 0 bridgehead atoms. The lowest BCUT2D eigenvalue weighted by Gasteiger charge is -2.35. The monoisotopic (exact) mass is 270 g/mol. The molecule has 0 saturated carbocycles. The molecule has 2 aliphatic rings. The minimum atomic E-state index is 0.113. The van der Waals surface area contributed by atoms with E-state index in [0.29, 0.717) is 18.0 Å². The molecule has 2 fully saturated rings. The van der Waals surface area contributed by atoms with Gasteiger partial charge in [0.2, 0.25) is 5.91 Å². The molecule has 0 spiro atoms. The van der Waals surface area contributed by atoms with Crippen molar-refractivity contribution in [2.24, 2.45) is 0 Å². The smallest absolute Gasteiger partial charge is 0.235 e. The molecule has 2 aliphatic heterocycles. The van der Waals surface area contributed by atoms with Crippen LogP contribution in [0.1, 0.15) is 39.5 Å². The number of hydrogen-bond acceptors (Lipinski definition) is 3. The molecule has 1 amide bonds. The zero-order valence-electron chi connectivity index (χ0n) is 11.9. The van der Waals surface area contributed by atoms with Gasteiger partial charge in [-0.25, -0.2) is 0 Å². The van der Waals surface area contributed by atoms with E-state index in [1.807, 2.05) is 13.2 Å². The van der Waals surface area contributed by atoms with Crippen molar-refractivity contribution in [2.45, 2.75) is 56.9 Å². The molecule has 2 heterocycles. The number of carbonyl (C=O) groups is 1. The maximum absolute atomic E-state index is 12.4. The van der Waals surface area contributed by atoms with Crippen LogP contribution in [0.2, 0.25) is 0 Å². The quantitative estimate of drug-likeness (QED) is 0.782. The summed E-state index contributed by atoms with van der Waals surface area (Å²) in [6.07, 6.45) is 6.99. The SMILES string of the molecule is CCN1CCC[C@@H]1[C@H]1CCCN1C(=O)[C@@H](C)SC. The van der Waals surface area contributed by atoms with Crippen LogP contribution in [0.3, 0.4) is 0 Å². The topological polar surface area (TPSA) is 23.6 Å². The van der Waals surface area contributed by atoms with E-state index in [9.17, 15) is 4.79 Å². The normalized spacial score (nSPS) is 30.9. The Morgan fingerprint density at radius 1 is 1.28 bits per heavy atom. The zero-order chi connectivity index (χ0) is 13.1. The second-order valence-electron chi connectivity index (χ2n) is 5.46. The Balaban J connectivity index is 2.05. The van der Waals surface area contributed by atoms with Crippen LogP contribution in [0.25, 0.3) is 0 Å². The molecule has 18 heavy (non-hydrogen) atoms. The Hall–Kier alpha value is -0.220. The number of carbonyl (C=O) groups excluding carboxylic acids is 1. The molecule has 0 aromatic heterocycles. The Bertz CT molecular complexity index is 298. The minimum absolute atomic E-state index is 0.113. The average molecular weight is 270 g/mol. The van der Waals surface area contributed by atoms with Crippen molar-refractivity contribution in [3.05, 3.63) is 0 Å². The average Bonchev–Trinajstić information content (AvgIpc) is 3.03. The second kappa shape index (κ2) is 6.29. The van der Waals surface area contributed by atoms with Gasteiger partial charge in [-0.2, -0.15) is 11.8 Å². The number of amides is 1. The van der Waals surface area contributed by atoms with E-state index >= 15 is 0 Å². The lowest BCUT2D eigenvalue weighted by molar-refractivity contribution is -0.132. The molecule has 2 rings (SSSR count). The first-order valence-electron chi connectivity index (χ1n) is 7.26. The van der Waals surface area contributed by atoms with Gasteiger partial charge >= 0.3 is 0 Å². The van der Waals surface area contributed by atoms with Crippen molar-refractivity contribution < 1.29 is 4.79 Å². The van der Waals surface area contributed by atoms with E-state index in [4.69, 9.17) is 0 Å². The summed E-state index contributed by atoms with van der Waals surface area (Å²) < 4.78 is 0. The van der Waals surface area contributed by atoms with E-state index in [1.54, 1.807) is 11.8 Å². The Labute approximate surface area is 115 Å². The highest BCUT2D eigenvalue weighted by atomic mass is 32.2. The molecule has 104 valence electrons. The number of likely N-dealkylation sites (N-methyl/N-ethyl adjacent to an activating group) is 1. The van der Waals surface area contributed by atoms with Crippen molar-refractivity contribution >= 4 is 17.7 Å². The van der Waals surface area contributed by atoms with Gasteiger partial charge in [0, 0.05) is 18.6 Å². The summed E-state index contributed by atoms with van der Waals surface area (Å²) in [4.78, 5) is 17.2. The summed E-state index contributed by atoms with van der Waals surface area (Å²) in [5.74, 6) is 0.355. The largest absolute Gasteiger partial charge is 0.337 e. The molecule has 0 N–H and O–H groups in total. The third-order valence-corrected chi connectivity index (χ3v) is 5.46. The van der Waals surface area contributed by atoms with E-state index in [-0.39, 0.29) is 5.25 Å². The summed E-state index contributed by atoms with van der Waals surface area (Å²) >= 11 is 1.67. The van der Waals surface area contributed by atoms with Gasteiger partial charge in [0.05, 0.1) is 5.25 Å². The second-order valence-corrected chi connectivity index (χ2v) is 6.64. The van der Waals surface area contributed by atoms with Crippen molar-refractivity contribution in [2.75, 3.05) is 25.9 Å². The number of hydrogen-bond donors (Lipinski definition) is 0. The van der Waals surface area contributed by atoms with Gasteiger partial charge in [-0.1, -0.05) is 6.92 Å². The van der Waals surface area contributed by atoms with Gasteiger partial charge in [-0.15, -0.1) is 0 Å². The number of rotatable bonds is 4. The molecule has 0 aromatic rings. The van der Waals surface area contributed by atoms with Crippen LogP contribution in [-0.4, -0.2) is 58.9 Å². The number of likely N-dealkylation sites (tertiary alicyclic amines) is 2. The van der Waals surface area contributed by atoms with Gasteiger partial charge in [0.25, 0.3) is 0 Å². The lowest BCUT2D eigenvalue weighted by Crippen LogP contribution is -2.50. The van der Waals surface area contributed by atoms with Crippen LogP contribution < -0.4 is 0 Å². The fourth-order valence-electron chi connectivity index (χ4n) is 3.48. The van der Waals surface area contributed by atoms with Crippen LogP contribution in [0.5, 0.6) is 0 Å². The highest BCUT2D eigenvalue weighted by Gasteiger charge is 2.39. The molecule has 2 saturated heterocycles. The third-order valence-electron chi connectivity index (χ3n) is 4.55. The van der Waals surface area contributed by atoms with Crippen LogP contribution >= 0.6 is 11.8 Å². The van der Waals surface area contributed by atoms with Crippen molar-refractivity contribution in [1.29, 1.82) is 0 Å². The highest BCUT2D eigenvalue weighted by molar-refractivity contribution is 7.99. The van der Waals surface area contributed by atoms with Crippen LogP contribution in [0, 0.1) is 0 Å². The fourth-order valence-corrected chi connectivity index (χ4v) is 3.82. The first-order chi connectivity index (χ1) is 8.69. The zero-order valence-corrected chi connectivity index (χ0v) is 12.7. The summed E-state index contributed by atoms with van der Waals surface area (Å²) in [6.45, 7) is 7.60. The van der Waals surface area contributed by atoms with Gasteiger partial charge in [-0.05, 0) is 52.0 Å². The third kappa shape index (κ3) is 2.69. The van der Waals surface area contributed by atoms with E-state index in [0.717, 1.165) is 13.1 Å². The molecular formula is C14H26N2OS. The van der Waals surface area contributed by atoms with Crippen molar-refractivity contribution in [3.63, 3.8) is 0 Å². The predicted molar refractivity (Wildman–Crippen MR) is 78.0 cm³/mol. The standard InChI is InChI=1S/C14H26N2OS/c1-4-15-9-5-7-12(15)13-8-6-10-16(13)14(17)11(2)18-3/h11-13H,4-10H2,1-3H3/t11-,12-,13-/m1/s1. The lowest BCUT2D eigenvalue weighted by atomic mass is 10.0. The van der Waals surface area contributed by atoms with Gasteiger partial charge in [0.1, 0.15) is 0 Å². The minimum Gasteiger partial charge on any atom is -0.337 e. The van der Waals surface area contributed by atoms with E-state index < -0.39 is 0 Å². The Kier molecular flexibility index (Phi) is 4.96. The van der Waals surface area contributed by atoms with Crippen molar-refractivity contribution in [1.82, 2.24) is 9.80 Å². The van der Waals surface area contributed by atoms with Crippen LogP contribution in [-0.2, 0) is 4.79 Å². The molecule has 0 unspecified atom stereocenters. The predicted octanol–water partition coefficient (Wildman–Crippen LogP) is 2.21. The first-order valence-corrected chi connectivity index (χ1v) is 8.55. The van der Waals surface area contributed by atoms with Gasteiger partial charge < -0.3 is 4.90 Å². The molecule has 0 aromatic carbocycles. The molecule has 0 radical (unpaired) electrons. The highest BCUT2D eigenvalue weighted by Crippen LogP contribution is 2.31. The van der Waals surface area contributed by atoms with E-state index in [2.05, 4.69) is 16.7 Å². The molecule has 3 atom stereocenters. The van der Waals surface area contributed by atoms with E-state index in [1.165, 1.54) is 32.2 Å². The summed E-state index contributed by atoms with van der Waals surface area (Å²) in [5.41, 5.74) is 0. The molecule has 3 nitrogen and oxygen atoms in total. The fraction of sp³-hybridized carbons (Fsp3) is 0.929. The summed E-state index contributed by atoms with van der Waals surface area (Å²) in [6, 6.07) is 1.10. The number of nitrogens with zero attached hydrogens (tertiary/aromatic N) is 2. The van der Waals surface area contributed by atoms with Crippen LogP contribution in [0.15, 0.2) is 0 Å². The molecule has 0 aliphatic carbocycles. The first kappa shape index (κ1) is 14.2. The number of thioether (sulfide) groups is 1. The Morgan fingerprint density at radius 2 is 1.94 bits per heavy atom. The molecule has 4 heteroatoms. The maximum atomic E-state index is 12.4.